The maximum atomic E-state index is 11.7. The Morgan fingerprint density at radius 3 is 2.22 bits per heavy atom. The van der Waals surface area contributed by atoms with Crippen LogP contribution in [0.5, 0.6) is 17.2 Å². The number of hydrogen-bond acceptors (Lipinski definition) is 6. The number of aromatic hydroxyl groups is 1. The van der Waals surface area contributed by atoms with Crippen LogP contribution in [0.3, 0.4) is 0 Å². The molecule has 1 unspecified atom stereocenters. The van der Waals surface area contributed by atoms with Gasteiger partial charge >= 0.3 is 35.5 Å². The number of benzene rings is 3. The first-order chi connectivity index (χ1) is 19.3. The Balaban J connectivity index is 0.00000588. The van der Waals surface area contributed by atoms with Crippen LogP contribution in [0.25, 0.3) is 0 Å². The standard InChI is InChI=1S/C32H37ClO7.Na.H/c1-3-6-28-30(18-17-27(22(2)34)32(28)37)39-20-5-19-38-26-15-11-24(12-16-26)29(40-21-31(35)36)8-4-7-23-9-13-25(33)14-10-23;;/h9-18,29,37H,3-8,19-21H2,1-2H3,(H,35,36);;. The van der Waals surface area contributed by atoms with Gasteiger partial charge in [0.15, 0.2) is 5.78 Å². The van der Waals surface area contributed by atoms with Gasteiger partial charge in [0, 0.05) is 17.0 Å². The van der Waals surface area contributed by atoms with Gasteiger partial charge in [-0.3, -0.25) is 4.79 Å². The van der Waals surface area contributed by atoms with Crippen LogP contribution < -0.4 is 9.47 Å². The molecule has 0 fully saturated rings. The molecule has 41 heavy (non-hydrogen) atoms. The number of aliphatic carboxylic acids is 1. The quantitative estimate of drug-likeness (QED) is 0.104. The number of hydrogen-bond donors (Lipinski definition) is 2. The van der Waals surface area contributed by atoms with Crippen LogP contribution in [0, 0.1) is 0 Å². The van der Waals surface area contributed by atoms with Crippen LogP contribution in [0.15, 0.2) is 60.7 Å². The molecule has 0 amide bonds. The molecule has 7 nitrogen and oxygen atoms in total. The molecule has 0 aliphatic rings. The Labute approximate surface area is 269 Å². The molecule has 3 aromatic rings. The average molecular weight is 593 g/mol. The number of carboxylic acids is 1. The van der Waals surface area contributed by atoms with Gasteiger partial charge in [-0.2, -0.15) is 0 Å². The molecule has 3 rings (SSSR count). The summed E-state index contributed by atoms with van der Waals surface area (Å²) in [6.07, 6.45) is 4.06. The Hall–Kier alpha value is -2.55. The fourth-order valence-corrected chi connectivity index (χ4v) is 4.53. The normalized spacial score (nSPS) is 11.4. The molecule has 0 aliphatic carbocycles. The van der Waals surface area contributed by atoms with Gasteiger partial charge in [0.2, 0.25) is 0 Å². The predicted octanol–water partition coefficient (Wildman–Crippen LogP) is 6.57. The summed E-state index contributed by atoms with van der Waals surface area (Å²) < 4.78 is 17.4. The van der Waals surface area contributed by atoms with Crippen LogP contribution >= 0.6 is 11.6 Å². The van der Waals surface area contributed by atoms with E-state index in [4.69, 9.17) is 30.9 Å². The van der Waals surface area contributed by atoms with E-state index in [1.165, 1.54) is 12.5 Å². The molecular formula is C32H38ClNaO7. The second-order valence-electron chi connectivity index (χ2n) is 9.58. The van der Waals surface area contributed by atoms with E-state index in [1.807, 2.05) is 55.5 Å². The van der Waals surface area contributed by atoms with E-state index >= 15 is 0 Å². The molecule has 0 heterocycles. The fraction of sp³-hybridized carbons (Fsp3) is 0.375. The summed E-state index contributed by atoms with van der Waals surface area (Å²) in [6, 6.07) is 18.5. The zero-order valence-corrected chi connectivity index (χ0v) is 23.8. The Morgan fingerprint density at radius 1 is 0.902 bits per heavy atom. The summed E-state index contributed by atoms with van der Waals surface area (Å²) in [6.45, 7) is 3.90. The zero-order chi connectivity index (χ0) is 28.9. The maximum absolute atomic E-state index is 11.7. The summed E-state index contributed by atoms with van der Waals surface area (Å²) in [5.41, 5.74) is 3.02. The Kier molecular flexibility index (Phi) is 15.3. The first-order valence-electron chi connectivity index (χ1n) is 13.6. The Morgan fingerprint density at radius 2 is 1.59 bits per heavy atom. The predicted molar refractivity (Wildman–Crippen MR) is 162 cm³/mol. The van der Waals surface area contributed by atoms with Crippen LogP contribution in [0.2, 0.25) is 5.02 Å². The van der Waals surface area contributed by atoms with Crippen LogP contribution in [0.4, 0.5) is 0 Å². The number of halogens is 1. The molecule has 0 spiro atoms. The third kappa shape index (κ3) is 11.3. The second kappa shape index (κ2) is 18.1. The summed E-state index contributed by atoms with van der Waals surface area (Å²) in [5.74, 6) is 0.0863. The van der Waals surface area contributed by atoms with Crippen molar-refractivity contribution in [2.24, 2.45) is 0 Å². The van der Waals surface area contributed by atoms with E-state index in [9.17, 15) is 14.7 Å². The zero-order valence-electron chi connectivity index (χ0n) is 23.0. The molecule has 0 saturated heterocycles. The number of carboxylic acid groups (broad SMARTS) is 1. The van der Waals surface area contributed by atoms with E-state index in [1.54, 1.807) is 12.1 Å². The van der Waals surface area contributed by atoms with Gasteiger partial charge < -0.3 is 24.4 Å². The van der Waals surface area contributed by atoms with Gasteiger partial charge in [0.25, 0.3) is 0 Å². The number of rotatable bonds is 17. The summed E-state index contributed by atoms with van der Waals surface area (Å²) in [4.78, 5) is 22.8. The van der Waals surface area contributed by atoms with Crippen molar-refractivity contribution in [3.8, 4) is 17.2 Å². The number of carbonyl (C=O) groups excluding carboxylic acids is 1. The minimum atomic E-state index is -1.00. The Bertz CT molecular complexity index is 1250. The minimum absolute atomic E-state index is 0. The second-order valence-corrected chi connectivity index (χ2v) is 10.0. The van der Waals surface area contributed by atoms with Gasteiger partial charge in [-0.15, -0.1) is 0 Å². The van der Waals surface area contributed by atoms with Crippen molar-refractivity contribution in [2.45, 2.75) is 58.5 Å². The van der Waals surface area contributed by atoms with Gasteiger partial charge in [0.05, 0.1) is 24.9 Å². The third-order valence-corrected chi connectivity index (χ3v) is 6.69. The molecule has 216 valence electrons. The average Bonchev–Trinajstić information content (AvgIpc) is 2.93. The molecule has 3 aromatic carbocycles. The van der Waals surface area contributed by atoms with Gasteiger partial charge in [-0.1, -0.05) is 49.2 Å². The van der Waals surface area contributed by atoms with Gasteiger partial charge in [0.1, 0.15) is 23.9 Å². The summed E-state index contributed by atoms with van der Waals surface area (Å²) >= 11 is 5.96. The molecule has 0 aromatic heterocycles. The van der Waals surface area contributed by atoms with Crippen molar-refractivity contribution in [1.29, 1.82) is 0 Å². The van der Waals surface area contributed by atoms with Crippen molar-refractivity contribution in [1.82, 2.24) is 0 Å². The van der Waals surface area contributed by atoms with Crippen molar-refractivity contribution < 1.29 is 34.0 Å². The van der Waals surface area contributed by atoms with E-state index < -0.39 is 5.97 Å². The molecule has 1 atom stereocenters. The topological polar surface area (TPSA) is 102 Å². The fourth-order valence-electron chi connectivity index (χ4n) is 4.40. The molecule has 0 aliphatic heterocycles. The number of Topliss-reactive ketones (excluding diaryl/α,β-unsaturated/α-hetero) is 1. The molecule has 0 radical (unpaired) electrons. The number of carbonyl (C=O) groups is 2. The van der Waals surface area contributed by atoms with Crippen LogP contribution in [-0.4, -0.2) is 71.3 Å². The van der Waals surface area contributed by atoms with Crippen molar-refractivity contribution in [3.05, 3.63) is 87.9 Å². The van der Waals surface area contributed by atoms with E-state index in [-0.39, 0.29) is 53.8 Å². The number of ether oxygens (including phenoxy) is 3. The summed E-state index contributed by atoms with van der Waals surface area (Å²) in [7, 11) is 0. The molecule has 9 heteroatoms. The number of aryl methyl sites for hydroxylation is 1. The number of ketones is 1. The monoisotopic (exact) mass is 592 g/mol. The van der Waals surface area contributed by atoms with E-state index in [2.05, 4.69) is 0 Å². The molecule has 0 bridgehead atoms. The first kappa shape index (κ1) is 34.7. The van der Waals surface area contributed by atoms with Crippen molar-refractivity contribution in [2.75, 3.05) is 19.8 Å². The van der Waals surface area contributed by atoms with E-state index in [0.717, 1.165) is 24.8 Å². The van der Waals surface area contributed by atoms with Crippen molar-refractivity contribution in [3.63, 3.8) is 0 Å². The van der Waals surface area contributed by atoms with Crippen LogP contribution in [-0.2, 0) is 22.4 Å². The van der Waals surface area contributed by atoms with E-state index in [0.29, 0.717) is 60.1 Å². The molecule has 0 saturated carbocycles. The number of phenolic OH excluding ortho intramolecular Hbond substituents is 1. The summed E-state index contributed by atoms with van der Waals surface area (Å²) in [5, 5.41) is 20.3. The first-order valence-corrected chi connectivity index (χ1v) is 14.0. The molecular weight excluding hydrogens is 555 g/mol. The number of phenols is 1. The SMILES string of the molecule is CCCc1c(OCCCOc2ccc(C(CCCc3ccc(Cl)cc3)OCC(=O)O)cc2)ccc(C(C)=O)c1O.[NaH]. The van der Waals surface area contributed by atoms with Crippen LogP contribution in [0.1, 0.15) is 72.7 Å². The van der Waals surface area contributed by atoms with Gasteiger partial charge in [-0.05, 0) is 80.1 Å². The van der Waals surface area contributed by atoms with Crippen molar-refractivity contribution >= 4 is 52.9 Å². The molecule has 2 N–H and O–H groups in total. The third-order valence-electron chi connectivity index (χ3n) is 6.44. The van der Waals surface area contributed by atoms with Gasteiger partial charge in [-0.25, -0.2) is 4.79 Å².